The average Bonchev–Trinajstić information content (AvgIpc) is 3.22. The summed E-state index contributed by atoms with van der Waals surface area (Å²) >= 11 is 0. The molecule has 1 amide bonds. The first-order valence-corrected chi connectivity index (χ1v) is 12.2. The van der Waals surface area contributed by atoms with E-state index in [9.17, 15) is 13.2 Å². The Morgan fingerprint density at radius 3 is 2.33 bits per heavy atom. The normalized spacial score (nSPS) is 12.5. The maximum atomic E-state index is 13.3. The zero-order chi connectivity index (χ0) is 23.4. The quantitative estimate of drug-likeness (QED) is 0.424. The average molecular weight is 463 g/mol. The van der Waals surface area contributed by atoms with Gasteiger partial charge in [0.05, 0.1) is 11.4 Å². The van der Waals surface area contributed by atoms with E-state index in [-0.39, 0.29) is 23.8 Å². The van der Waals surface area contributed by atoms with Gasteiger partial charge in [-0.15, -0.1) is 0 Å². The molecule has 0 bridgehead atoms. The van der Waals surface area contributed by atoms with Crippen LogP contribution >= 0.6 is 0 Å². The molecule has 1 unspecified atom stereocenters. The highest BCUT2D eigenvalue weighted by Gasteiger charge is 2.29. The van der Waals surface area contributed by atoms with Gasteiger partial charge in [0.2, 0.25) is 15.9 Å². The number of fused-ring (bicyclic) bond motifs is 1. The molecule has 0 saturated carbocycles. The molecule has 4 rings (SSSR count). The van der Waals surface area contributed by atoms with Gasteiger partial charge in [0.25, 0.3) is 0 Å². The maximum absolute atomic E-state index is 13.3. The summed E-state index contributed by atoms with van der Waals surface area (Å²) < 4.78 is 34.8. The summed E-state index contributed by atoms with van der Waals surface area (Å²) in [5.74, 6) is 1.06. The van der Waals surface area contributed by atoms with E-state index < -0.39 is 16.1 Å². The molecule has 1 aromatic heterocycles. The Morgan fingerprint density at radius 1 is 0.939 bits per heavy atom. The van der Waals surface area contributed by atoms with E-state index in [2.05, 4.69) is 4.72 Å². The van der Waals surface area contributed by atoms with Crippen molar-refractivity contribution in [1.82, 2.24) is 9.62 Å². The Bertz CT molecular complexity index is 1360. The highest BCUT2D eigenvalue weighted by atomic mass is 32.2. The third kappa shape index (κ3) is 5.50. The van der Waals surface area contributed by atoms with Crippen molar-refractivity contribution in [1.29, 1.82) is 0 Å². The number of hydrogen-bond donors (Lipinski definition) is 1. The predicted octanol–water partition coefficient (Wildman–Crippen LogP) is 4.29. The molecular weight excluding hydrogens is 436 g/mol. The van der Waals surface area contributed by atoms with Crippen molar-refractivity contribution in [2.75, 3.05) is 7.05 Å². The number of sulfonamides is 1. The zero-order valence-corrected chi connectivity index (χ0v) is 19.4. The smallest absolute Gasteiger partial charge is 0.241 e. The van der Waals surface area contributed by atoms with Crippen molar-refractivity contribution in [2.24, 2.45) is 0 Å². The van der Waals surface area contributed by atoms with Crippen LogP contribution in [0.4, 0.5) is 0 Å². The number of likely N-dealkylation sites (N-methyl/N-ethyl adjacent to an activating group) is 1. The van der Waals surface area contributed by atoms with Crippen molar-refractivity contribution in [2.45, 2.75) is 30.8 Å². The summed E-state index contributed by atoms with van der Waals surface area (Å²) in [4.78, 5) is 14.9. The molecule has 4 aromatic rings. The summed E-state index contributed by atoms with van der Waals surface area (Å²) in [6.45, 7) is 2.08. The Kier molecular flexibility index (Phi) is 6.62. The van der Waals surface area contributed by atoms with E-state index >= 15 is 0 Å². The molecule has 1 heterocycles. The Balaban J connectivity index is 1.60. The minimum atomic E-state index is -3.94. The molecule has 6 nitrogen and oxygen atoms in total. The fraction of sp³-hybridized carbons (Fsp3) is 0.192. The van der Waals surface area contributed by atoms with Crippen LogP contribution in [-0.2, 0) is 27.8 Å². The first kappa shape index (κ1) is 22.8. The van der Waals surface area contributed by atoms with Gasteiger partial charge in [-0.05, 0) is 53.9 Å². The number of amides is 1. The van der Waals surface area contributed by atoms with E-state index in [1.807, 2.05) is 73.7 Å². The Labute approximate surface area is 193 Å². The van der Waals surface area contributed by atoms with Gasteiger partial charge in [-0.3, -0.25) is 4.79 Å². The Hall–Kier alpha value is -3.42. The fourth-order valence-electron chi connectivity index (χ4n) is 3.77. The predicted molar refractivity (Wildman–Crippen MR) is 128 cm³/mol. The van der Waals surface area contributed by atoms with E-state index in [0.717, 1.165) is 22.1 Å². The second-order valence-electron chi connectivity index (χ2n) is 8.08. The standard InChI is InChI=1S/C26H26N2O4S/c1-19-12-14-23(32-19)18-28(2)26(29)25(16-20-8-4-3-5-9-20)27-33(30,31)24-15-13-21-10-6-7-11-22(21)17-24/h3-15,17,25,27H,16,18H2,1-2H3. The number of nitrogens with zero attached hydrogens (tertiary/aromatic N) is 1. The molecule has 0 aliphatic rings. The van der Waals surface area contributed by atoms with E-state index in [0.29, 0.717) is 5.76 Å². The second kappa shape index (κ2) is 9.60. The molecule has 0 saturated heterocycles. The van der Waals surface area contributed by atoms with Crippen LogP contribution in [0, 0.1) is 6.92 Å². The van der Waals surface area contributed by atoms with Gasteiger partial charge in [-0.25, -0.2) is 8.42 Å². The van der Waals surface area contributed by atoms with Crippen LogP contribution in [0.25, 0.3) is 10.8 Å². The number of aryl methyl sites for hydroxylation is 1. The van der Waals surface area contributed by atoms with Gasteiger partial charge in [0.15, 0.2) is 0 Å². The lowest BCUT2D eigenvalue weighted by molar-refractivity contribution is -0.132. The lowest BCUT2D eigenvalue weighted by Gasteiger charge is -2.24. The van der Waals surface area contributed by atoms with Crippen LogP contribution in [0.3, 0.4) is 0 Å². The lowest BCUT2D eigenvalue weighted by Crippen LogP contribution is -2.48. The third-order valence-electron chi connectivity index (χ3n) is 5.47. The summed E-state index contributed by atoms with van der Waals surface area (Å²) in [6.07, 6.45) is 0.230. The molecule has 1 atom stereocenters. The minimum Gasteiger partial charge on any atom is -0.464 e. The number of benzene rings is 3. The molecule has 0 aliphatic heterocycles. The van der Waals surface area contributed by atoms with Crippen LogP contribution < -0.4 is 4.72 Å². The van der Waals surface area contributed by atoms with Crippen molar-refractivity contribution >= 4 is 26.7 Å². The number of furan rings is 1. The van der Waals surface area contributed by atoms with Crippen molar-refractivity contribution in [3.63, 3.8) is 0 Å². The third-order valence-corrected chi connectivity index (χ3v) is 6.94. The lowest BCUT2D eigenvalue weighted by atomic mass is 10.1. The summed E-state index contributed by atoms with van der Waals surface area (Å²) in [5, 5.41) is 1.76. The van der Waals surface area contributed by atoms with Gasteiger partial charge in [-0.1, -0.05) is 60.7 Å². The van der Waals surface area contributed by atoms with Crippen molar-refractivity contribution < 1.29 is 17.6 Å². The summed E-state index contributed by atoms with van der Waals surface area (Å²) in [6, 6.07) is 24.5. The highest BCUT2D eigenvalue weighted by molar-refractivity contribution is 7.89. The maximum Gasteiger partial charge on any atom is 0.241 e. The largest absolute Gasteiger partial charge is 0.464 e. The molecule has 33 heavy (non-hydrogen) atoms. The van der Waals surface area contributed by atoms with E-state index in [1.165, 1.54) is 4.90 Å². The van der Waals surface area contributed by atoms with Crippen LogP contribution in [0.5, 0.6) is 0 Å². The second-order valence-corrected chi connectivity index (χ2v) is 9.79. The molecule has 170 valence electrons. The molecule has 0 spiro atoms. The molecular formula is C26H26N2O4S. The van der Waals surface area contributed by atoms with Gasteiger partial charge >= 0.3 is 0 Å². The van der Waals surface area contributed by atoms with Crippen LogP contribution in [0.1, 0.15) is 17.1 Å². The van der Waals surface area contributed by atoms with Crippen LogP contribution in [0.15, 0.2) is 94.2 Å². The van der Waals surface area contributed by atoms with E-state index in [1.54, 1.807) is 25.2 Å². The Morgan fingerprint density at radius 2 is 1.64 bits per heavy atom. The number of nitrogens with one attached hydrogen (secondary N) is 1. The number of rotatable bonds is 8. The molecule has 0 aliphatic carbocycles. The summed E-state index contributed by atoms with van der Waals surface area (Å²) in [7, 11) is -2.30. The minimum absolute atomic E-state index is 0.122. The zero-order valence-electron chi connectivity index (χ0n) is 18.6. The van der Waals surface area contributed by atoms with Crippen LogP contribution in [0.2, 0.25) is 0 Å². The van der Waals surface area contributed by atoms with Crippen molar-refractivity contribution in [3.05, 3.63) is 102 Å². The van der Waals surface area contributed by atoms with E-state index in [4.69, 9.17) is 4.42 Å². The topological polar surface area (TPSA) is 79.6 Å². The monoisotopic (exact) mass is 462 g/mol. The number of hydrogen-bond acceptors (Lipinski definition) is 4. The van der Waals surface area contributed by atoms with Crippen LogP contribution in [-0.4, -0.2) is 32.3 Å². The molecule has 7 heteroatoms. The van der Waals surface area contributed by atoms with Gasteiger partial charge in [0.1, 0.15) is 17.6 Å². The summed E-state index contributed by atoms with van der Waals surface area (Å²) in [5.41, 5.74) is 0.860. The molecule has 1 N–H and O–H groups in total. The first-order chi connectivity index (χ1) is 15.8. The van der Waals surface area contributed by atoms with Gasteiger partial charge in [0, 0.05) is 7.05 Å². The molecule has 0 fully saturated rings. The fourth-order valence-corrected chi connectivity index (χ4v) is 4.99. The van der Waals surface area contributed by atoms with Gasteiger partial charge < -0.3 is 9.32 Å². The van der Waals surface area contributed by atoms with Gasteiger partial charge in [-0.2, -0.15) is 4.72 Å². The molecule has 0 radical (unpaired) electrons. The highest BCUT2D eigenvalue weighted by Crippen LogP contribution is 2.20. The van der Waals surface area contributed by atoms with Crippen molar-refractivity contribution in [3.8, 4) is 0 Å². The number of carbonyl (C=O) groups is 1. The molecule has 3 aromatic carbocycles. The SMILES string of the molecule is Cc1ccc(CN(C)C(=O)C(Cc2ccccc2)NS(=O)(=O)c2ccc3ccccc3c2)o1. The first-order valence-electron chi connectivity index (χ1n) is 10.7. The number of carbonyl (C=O) groups excluding carboxylic acids is 1.